The zero-order valence-electron chi connectivity index (χ0n) is 7.59. The molecule has 0 aromatic carbocycles. The van der Waals surface area contributed by atoms with Crippen molar-refractivity contribution in [3.05, 3.63) is 0 Å². The first-order chi connectivity index (χ1) is 5.85. The highest BCUT2D eigenvalue weighted by atomic mass is 16.6. The van der Waals surface area contributed by atoms with E-state index in [0.717, 1.165) is 6.61 Å². The average molecular weight is 170 g/mol. The molecule has 0 bridgehead atoms. The molecular weight excluding hydrogens is 152 g/mol. The number of rotatable bonds is 4. The van der Waals surface area contributed by atoms with E-state index >= 15 is 0 Å². The van der Waals surface area contributed by atoms with Gasteiger partial charge < -0.3 is 9.74 Å². The Bertz CT molecular complexity index is 151. The molecule has 0 unspecified atom stereocenters. The van der Waals surface area contributed by atoms with E-state index in [-0.39, 0.29) is 0 Å². The molecule has 1 heterocycles. The fraction of sp³-hybridized carbons (Fsp3) is 1.00. The number of hydrogen-bond acceptors (Lipinski definition) is 3. The van der Waals surface area contributed by atoms with Gasteiger partial charge in [0.1, 0.15) is 0 Å². The van der Waals surface area contributed by atoms with Gasteiger partial charge in [0.25, 0.3) is 0 Å². The van der Waals surface area contributed by atoms with E-state index in [2.05, 4.69) is 4.90 Å². The quantitative estimate of drug-likeness (QED) is 0.633. The van der Waals surface area contributed by atoms with Gasteiger partial charge in [-0.05, 0) is 38.8 Å². The van der Waals surface area contributed by atoms with Crippen LogP contribution in [0.1, 0.15) is 25.7 Å². The van der Waals surface area contributed by atoms with Crippen LogP contribution in [0.3, 0.4) is 0 Å². The lowest BCUT2D eigenvalue weighted by Gasteiger charge is -2.21. The number of nitrogens with two attached hydrogens (primary N) is 1. The normalized spacial score (nSPS) is 27.8. The first-order valence-corrected chi connectivity index (χ1v) is 4.89. The summed E-state index contributed by atoms with van der Waals surface area (Å²) < 4.78 is 0. The predicted octanol–water partition coefficient (Wildman–Crippen LogP) is 0.753. The second-order valence-electron chi connectivity index (χ2n) is 4.29. The lowest BCUT2D eigenvalue weighted by atomic mass is 10.1. The summed E-state index contributed by atoms with van der Waals surface area (Å²) in [5, 5.41) is 0. The van der Waals surface area contributed by atoms with Crippen molar-refractivity contribution in [3.8, 4) is 0 Å². The van der Waals surface area contributed by atoms with Gasteiger partial charge >= 0.3 is 0 Å². The van der Waals surface area contributed by atoms with Gasteiger partial charge in [0.05, 0.1) is 6.61 Å². The first kappa shape index (κ1) is 8.48. The van der Waals surface area contributed by atoms with Crippen LogP contribution in [-0.2, 0) is 4.84 Å². The molecule has 0 spiro atoms. The molecule has 1 saturated heterocycles. The van der Waals surface area contributed by atoms with E-state index in [1.165, 1.54) is 45.3 Å². The molecule has 1 aliphatic heterocycles. The Morgan fingerprint density at radius 3 is 2.42 bits per heavy atom. The van der Waals surface area contributed by atoms with Crippen molar-refractivity contribution in [1.29, 1.82) is 0 Å². The fourth-order valence-corrected chi connectivity index (χ4v) is 2.12. The van der Waals surface area contributed by atoms with E-state index in [4.69, 9.17) is 10.7 Å². The molecule has 1 aliphatic carbocycles. The molecule has 12 heavy (non-hydrogen) atoms. The van der Waals surface area contributed by atoms with E-state index in [0.29, 0.717) is 5.41 Å². The van der Waals surface area contributed by atoms with Crippen LogP contribution >= 0.6 is 0 Å². The molecule has 3 heteroatoms. The second-order valence-corrected chi connectivity index (χ2v) is 4.29. The molecule has 0 radical (unpaired) electrons. The average Bonchev–Trinajstić information content (AvgIpc) is 2.63. The third-order valence-electron chi connectivity index (χ3n) is 3.10. The molecule has 0 atom stereocenters. The SMILES string of the molecule is NOCC1(CN2CCCC2)CC1. The van der Waals surface area contributed by atoms with Crippen LogP contribution < -0.4 is 5.90 Å². The second kappa shape index (κ2) is 3.32. The van der Waals surface area contributed by atoms with Crippen LogP contribution in [0.4, 0.5) is 0 Å². The highest BCUT2D eigenvalue weighted by molar-refractivity contribution is 4.95. The molecule has 3 nitrogen and oxygen atoms in total. The molecule has 1 saturated carbocycles. The maximum absolute atomic E-state index is 5.11. The van der Waals surface area contributed by atoms with E-state index in [1.54, 1.807) is 0 Å². The first-order valence-electron chi connectivity index (χ1n) is 4.89. The molecule has 0 aromatic rings. The zero-order chi connectivity index (χ0) is 8.44. The highest BCUT2D eigenvalue weighted by Gasteiger charge is 2.44. The fourth-order valence-electron chi connectivity index (χ4n) is 2.12. The Morgan fingerprint density at radius 2 is 1.92 bits per heavy atom. The van der Waals surface area contributed by atoms with Gasteiger partial charge in [-0.25, -0.2) is 5.90 Å². The standard InChI is InChI=1S/C9H18N2O/c10-12-8-9(3-4-9)7-11-5-1-2-6-11/h1-8,10H2. The summed E-state index contributed by atoms with van der Waals surface area (Å²) in [5.74, 6) is 5.11. The van der Waals surface area contributed by atoms with Gasteiger partial charge in [0, 0.05) is 12.0 Å². The van der Waals surface area contributed by atoms with Gasteiger partial charge in [0.2, 0.25) is 0 Å². The Kier molecular flexibility index (Phi) is 2.35. The van der Waals surface area contributed by atoms with Crippen molar-refractivity contribution >= 4 is 0 Å². The van der Waals surface area contributed by atoms with Gasteiger partial charge in [-0.15, -0.1) is 0 Å². The smallest absolute Gasteiger partial charge is 0.0747 e. The number of nitrogens with zero attached hydrogens (tertiary/aromatic N) is 1. The Labute approximate surface area is 73.8 Å². The van der Waals surface area contributed by atoms with Crippen molar-refractivity contribution in [2.75, 3.05) is 26.2 Å². The summed E-state index contributed by atoms with van der Waals surface area (Å²) in [6.45, 7) is 4.53. The molecule has 0 amide bonds. The Morgan fingerprint density at radius 1 is 1.25 bits per heavy atom. The lowest BCUT2D eigenvalue weighted by Crippen LogP contribution is -2.31. The van der Waals surface area contributed by atoms with Crippen LogP contribution in [0.25, 0.3) is 0 Å². The molecule has 2 rings (SSSR count). The summed E-state index contributed by atoms with van der Waals surface area (Å²) in [7, 11) is 0. The summed E-state index contributed by atoms with van der Waals surface area (Å²) in [6, 6.07) is 0. The highest BCUT2D eigenvalue weighted by Crippen LogP contribution is 2.46. The van der Waals surface area contributed by atoms with Crippen molar-refractivity contribution in [2.24, 2.45) is 11.3 Å². The summed E-state index contributed by atoms with van der Waals surface area (Å²) in [5.41, 5.74) is 0.444. The van der Waals surface area contributed by atoms with Crippen molar-refractivity contribution in [3.63, 3.8) is 0 Å². The molecule has 2 aliphatic rings. The van der Waals surface area contributed by atoms with Crippen molar-refractivity contribution < 1.29 is 4.84 Å². The van der Waals surface area contributed by atoms with Gasteiger partial charge in [0.15, 0.2) is 0 Å². The van der Waals surface area contributed by atoms with Gasteiger partial charge in [-0.2, -0.15) is 0 Å². The van der Waals surface area contributed by atoms with E-state index in [9.17, 15) is 0 Å². The van der Waals surface area contributed by atoms with E-state index < -0.39 is 0 Å². The summed E-state index contributed by atoms with van der Waals surface area (Å²) >= 11 is 0. The maximum Gasteiger partial charge on any atom is 0.0747 e. The predicted molar refractivity (Wildman–Crippen MR) is 47.5 cm³/mol. The Balaban J connectivity index is 1.77. The minimum atomic E-state index is 0.444. The van der Waals surface area contributed by atoms with Crippen LogP contribution in [0, 0.1) is 5.41 Å². The molecule has 2 N–H and O–H groups in total. The third-order valence-corrected chi connectivity index (χ3v) is 3.10. The van der Waals surface area contributed by atoms with Crippen LogP contribution in [0.2, 0.25) is 0 Å². The Hall–Kier alpha value is -0.120. The summed E-state index contributed by atoms with van der Waals surface area (Å²) in [4.78, 5) is 7.30. The summed E-state index contributed by atoms with van der Waals surface area (Å²) in [6.07, 6.45) is 5.36. The van der Waals surface area contributed by atoms with E-state index in [1.807, 2.05) is 0 Å². The lowest BCUT2D eigenvalue weighted by molar-refractivity contribution is 0.0755. The zero-order valence-corrected chi connectivity index (χ0v) is 7.59. The topological polar surface area (TPSA) is 38.5 Å². The number of likely N-dealkylation sites (tertiary alicyclic amines) is 1. The van der Waals surface area contributed by atoms with Gasteiger partial charge in [-0.3, -0.25) is 0 Å². The van der Waals surface area contributed by atoms with Crippen LogP contribution in [-0.4, -0.2) is 31.1 Å². The van der Waals surface area contributed by atoms with Gasteiger partial charge in [-0.1, -0.05) is 0 Å². The minimum Gasteiger partial charge on any atom is -0.304 e. The number of hydrogen-bond donors (Lipinski definition) is 1. The molecule has 0 aromatic heterocycles. The van der Waals surface area contributed by atoms with Crippen molar-refractivity contribution in [2.45, 2.75) is 25.7 Å². The third kappa shape index (κ3) is 1.79. The monoisotopic (exact) mass is 170 g/mol. The maximum atomic E-state index is 5.11. The largest absolute Gasteiger partial charge is 0.304 e. The van der Waals surface area contributed by atoms with Crippen LogP contribution in [0.15, 0.2) is 0 Å². The molecular formula is C9H18N2O. The minimum absolute atomic E-state index is 0.444. The molecule has 2 fully saturated rings. The van der Waals surface area contributed by atoms with Crippen LogP contribution in [0.5, 0.6) is 0 Å². The molecule has 70 valence electrons. The van der Waals surface area contributed by atoms with Crippen molar-refractivity contribution in [1.82, 2.24) is 4.90 Å².